The van der Waals surface area contributed by atoms with Gasteiger partial charge in [0.05, 0.1) is 4.88 Å². The summed E-state index contributed by atoms with van der Waals surface area (Å²) in [5.41, 5.74) is 6.51. The number of rotatable bonds is 5. The van der Waals surface area contributed by atoms with Crippen molar-refractivity contribution >= 4 is 23.1 Å². The van der Waals surface area contributed by atoms with Gasteiger partial charge in [-0.15, -0.1) is 11.3 Å². The van der Waals surface area contributed by atoms with E-state index in [2.05, 4.69) is 5.16 Å². The molecule has 0 saturated heterocycles. The summed E-state index contributed by atoms with van der Waals surface area (Å²) >= 11 is 1.45. The summed E-state index contributed by atoms with van der Waals surface area (Å²) in [5, 5.41) is 13.4. The van der Waals surface area contributed by atoms with Gasteiger partial charge in [-0.05, 0) is 30.4 Å². The summed E-state index contributed by atoms with van der Waals surface area (Å²) in [7, 11) is 1.73. The molecule has 6 heteroatoms. The molecule has 0 aromatic carbocycles. The number of amidine groups is 1. The molecule has 0 spiro atoms. The molecule has 1 unspecified atom stereocenters. The second kappa shape index (κ2) is 6.39. The smallest absolute Gasteiger partial charge is 0.264 e. The molecule has 1 aromatic heterocycles. The lowest BCUT2D eigenvalue weighted by molar-refractivity contribution is 0.0751. The van der Waals surface area contributed by atoms with Crippen LogP contribution in [0.25, 0.3) is 0 Å². The Labute approximate surface area is 111 Å². The Morgan fingerprint density at radius 3 is 2.89 bits per heavy atom. The minimum Gasteiger partial charge on any atom is -0.409 e. The molecule has 3 N–H and O–H groups in total. The number of carbonyl (C=O) groups excluding carboxylic acids is 1. The molecule has 1 rings (SSSR count). The molecule has 1 amide bonds. The van der Waals surface area contributed by atoms with Crippen molar-refractivity contribution in [2.24, 2.45) is 10.9 Å². The predicted octanol–water partition coefficient (Wildman–Crippen LogP) is 1.91. The Kier molecular flexibility index (Phi) is 5.15. The molecule has 1 atom stereocenters. The highest BCUT2D eigenvalue weighted by molar-refractivity contribution is 7.12. The normalized spacial score (nSPS) is 13.4. The maximum atomic E-state index is 12.3. The molecule has 0 aliphatic heterocycles. The van der Waals surface area contributed by atoms with Crippen LogP contribution >= 0.6 is 11.3 Å². The van der Waals surface area contributed by atoms with Gasteiger partial charge in [-0.1, -0.05) is 12.1 Å². The lowest BCUT2D eigenvalue weighted by atomic mass is 10.1. The van der Waals surface area contributed by atoms with E-state index in [1.165, 1.54) is 11.3 Å². The topological polar surface area (TPSA) is 78.9 Å². The summed E-state index contributed by atoms with van der Waals surface area (Å²) < 4.78 is 0. The summed E-state index contributed by atoms with van der Waals surface area (Å²) in [4.78, 5) is 14.7. The molecule has 0 aliphatic carbocycles. The van der Waals surface area contributed by atoms with Gasteiger partial charge in [0.1, 0.15) is 5.84 Å². The minimum absolute atomic E-state index is 0.0138. The van der Waals surface area contributed by atoms with E-state index in [4.69, 9.17) is 10.9 Å². The van der Waals surface area contributed by atoms with Crippen LogP contribution in [-0.4, -0.2) is 34.9 Å². The maximum Gasteiger partial charge on any atom is 0.264 e. The fourth-order valence-corrected chi connectivity index (χ4v) is 2.62. The predicted molar refractivity (Wildman–Crippen MR) is 73.3 cm³/mol. The Morgan fingerprint density at radius 1 is 1.67 bits per heavy atom. The van der Waals surface area contributed by atoms with Crippen molar-refractivity contribution in [1.29, 1.82) is 0 Å². The number of aryl methyl sites for hydroxylation is 1. The Hall–Kier alpha value is -1.56. The van der Waals surface area contributed by atoms with Crippen molar-refractivity contribution in [3.05, 3.63) is 21.9 Å². The maximum absolute atomic E-state index is 12.3. The van der Waals surface area contributed by atoms with Crippen LogP contribution in [0.4, 0.5) is 0 Å². The molecule has 0 aliphatic rings. The number of thiophene rings is 1. The highest BCUT2D eigenvalue weighted by Gasteiger charge is 2.21. The van der Waals surface area contributed by atoms with Gasteiger partial charge in [-0.2, -0.15) is 0 Å². The summed E-state index contributed by atoms with van der Waals surface area (Å²) in [6.45, 7) is 3.90. The van der Waals surface area contributed by atoms with E-state index >= 15 is 0 Å². The zero-order valence-electron chi connectivity index (χ0n) is 10.9. The average Bonchev–Trinajstić information content (AvgIpc) is 2.84. The van der Waals surface area contributed by atoms with Crippen LogP contribution in [0.2, 0.25) is 0 Å². The van der Waals surface area contributed by atoms with Gasteiger partial charge in [0.2, 0.25) is 0 Å². The highest BCUT2D eigenvalue weighted by atomic mass is 32.1. The first-order valence-electron chi connectivity index (χ1n) is 5.81. The van der Waals surface area contributed by atoms with Crippen molar-refractivity contribution in [2.45, 2.75) is 32.7 Å². The van der Waals surface area contributed by atoms with Crippen LogP contribution in [0.5, 0.6) is 0 Å². The minimum atomic E-state index is -0.111. The number of carbonyl (C=O) groups is 1. The van der Waals surface area contributed by atoms with Gasteiger partial charge >= 0.3 is 0 Å². The summed E-state index contributed by atoms with van der Waals surface area (Å²) in [6.07, 6.45) is 1.19. The van der Waals surface area contributed by atoms with Crippen molar-refractivity contribution in [3.63, 3.8) is 0 Å². The van der Waals surface area contributed by atoms with E-state index in [1.807, 2.05) is 25.3 Å². The zero-order valence-corrected chi connectivity index (χ0v) is 11.7. The van der Waals surface area contributed by atoms with Crippen LogP contribution in [0.3, 0.4) is 0 Å². The van der Waals surface area contributed by atoms with Crippen molar-refractivity contribution < 1.29 is 10.0 Å². The molecule has 1 heterocycles. The molecular formula is C12H19N3O2S. The molecule has 18 heavy (non-hydrogen) atoms. The Bertz CT molecular complexity index is 442. The Balaban J connectivity index is 2.78. The van der Waals surface area contributed by atoms with Crippen LogP contribution in [-0.2, 0) is 6.42 Å². The standard InChI is InChI=1S/C12H19N3O2S/c1-4-9-5-6-18-11(9)12(16)15(3)8(2)7-10(13)14-17/h5-6,8,17H,4,7H2,1-3H3,(H2,13,14). The quantitative estimate of drug-likeness (QED) is 0.371. The number of nitrogens with two attached hydrogens (primary N) is 1. The average molecular weight is 269 g/mol. The third kappa shape index (κ3) is 3.22. The van der Waals surface area contributed by atoms with Crippen LogP contribution in [0, 0.1) is 0 Å². The molecule has 0 saturated carbocycles. The second-order valence-electron chi connectivity index (χ2n) is 4.19. The third-order valence-electron chi connectivity index (χ3n) is 2.94. The number of amides is 1. The largest absolute Gasteiger partial charge is 0.409 e. The van der Waals surface area contributed by atoms with E-state index in [1.54, 1.807) is 11.9 Å². The van der Waals surface area contributed by atoms with Gasteiger partial charge in [0, 0.05) is 19.5 Å². The first-order valence-corrected chi connectivity index (χ1v) is 6.69. The monoisotopic (exact) mass is 269 g/mol. The molecule has 0 radical (unpaired) electrons. The van der Waals surface area contributed by atoms with Gasteiger partial charge < -0.3 is 15.8 Å². The zero-order chi connectivity index (χ0) is 13.7. The fraction of sp³-hybridized carbons (Fsp3) is 0.500. The van der Waals surface area contributed by atoms with E-state index < -0.39 is 0 Å². The van der Waals surface area contributed by atoms with Crippen molar-refractivity contribution in [3.8, 4) is 0 Å². The van der Waals surface area contributed by atoms with Crippen molar-refractivity contribution in [1.82, 2.24) is 4.90 Å². The molecule has 100 valence electrons. The number of hydrogen-bond donors (Lipinski definition) is 2. The first-order chi connectivity index (χ1) is 8.51. The van der Waals surface area contributed by atoms with Crippen LogP contribution in [0.15, 0.2) is 16.6 Å². The van der Waals surface area contributed by atoms with Gasteiger partial charge in [0.25, 0.3) is 5.91 Å². The second-order valence-corrected chi connectivity index (χ2v) is 5.11. The van der Waals surface area contributed by atoms with Gasteiger partial charge in [-0.25, -0.2) is 0 Å². The lowest BCUT2D eigenvalue weighted by Gasteiger charge is -2.24. The van der Waals surface area contributed by atoms with Crippen LogP contribution in [0.1, 0.15) is 35.5 Å². The van der Waals surface area contributed by atoms with E-state index in [0.717, 1.165) is 16.9 Å². The number of oxime groups is 1. The fourth-order valence-electron chi connectivity index (χ4n) is 1.64. The lowest BCUT2D eigenvalue weighted by Crippen LogP contribution is -2.37. The molecule has 0 bridgehead atoms. The van der Waals surface area contributed by atoms with Crippen LogP contribution < -0.4 is 5.73 Å². The highest BCUT2D eigenvalue weighted by Crippen LogP contribution is 2.20. The van der Waals surface area contributed by atoms with E-state index in [9.17, 15) is 4.79 Å². The summed E-state index contributed by atoms with van der Waals surface area (Å²) in [5.74, 6) is 0.115. The van der Waals surface area contributed by atoms with Crippen molar-refractivity contribution in [2.75, 3.05) is 7.05 Å². The summed E-state index contributed by atoms with van der Waals surface area (Å²) in [6, 6.07) is 1.86. The van der Waals surface area contributed by atoms with E-state index in [0.29, 0.717) is 6.42 Å². The van der Waals surface area contributed by atoms with E-state index in [-0.39, 0.29) is 17.8 Å². The first kappa shape index (κ1) is 14.5. The Morgan fingerprint density at radius 2 is 2.33 bits per heavy atom. The molecular weight excluding hydrogens is 250 g/mol. The SMILES string of the molecule is CCc1ccsc1C(=O)N(C)C(C)CC(N)=NO. The molecule has 0 fully saturated rings. The molecule has 1 aromatic rings. The van der Waals surface area contributed by atoms with Gasteiger partial charge in [-0.3, -0.25) is 4.79 Å². The number of nitrogens with zero attached hydrogens (tertiary/aromatic N) is 2. The number of hydrogen-bond acceptors (Lipinski definition) is 4. The molecule has 5 nitrogen and oxygen atoms in total. The third-order valence-corrected chi connectivity index (χ3v) is 3.88. The van der Waals surface area contributed by atoms with Gasteiger partial charge in [0.15, 0.2) is 0 Å².